The molecular weight excluding hydrogens is 449 g/mol. The number of halogens is 3. The largest absolute Gasteiger partial charge is 0.506 e. The van der Waals surface area contributed by atoms with E-state index in [0.29, 0.717) is 5.02 Å². The van der Waals surface area contributed by atoms with Gasteiger partial charge in [0.05, 0.1) is 16.5 Å². The van der Waals surface area contributed by atoms with E-state index >= 15 is 0 Å². The molecule has 1 N–H and O–H groups in total. The van der Waals surface area contributed by atoms with E-state index in [0.717, 1.165) is 26.7 Å². The number of aromatic hydroxyl groups is 1. The van der Waals surface area contributed by atoms with Gasteiger partial charge in [0.1, 0.15) is 5.75 Å². The second-order valence-corrected chi connectivity index (χ2v) is 7.88. The van der Waals surface area contributed by atoms with Gasteiger partial charge in [-0.15, -0.1) is 0 Å². The van der Waals surface area contributed by atoms with E-state index in [-0.39, 0.29) is 33.0 Å². The molecule has 8 heteroatoms. The van der Waals surface area contributed by atoms with Gasteiger partial charge in [-0.05, 0) is 41.6 Å². The Labute approximate surface area is 166 Å². The van der Waals surface area contributed by atoms with Crippen LogP contribution in [0.2, 0.25) is 10.0 Å². The van der Waals surface area contributed by atoms with Crippen molar-refractivity contribution >= 4 is 68.1 Å². The maximum absolute atomic E-state index is 12.6. The zero-order chi connectivity index (χ0) is 18.1. The van der Waals surface area contributed by atoms with E-state index in [1.807, 2.05) is 24.3 Å². The summed E-state index contributed by atoms with van der Waals surface area (Å²) in [5.41, 5.74) is 1.10. The van der Waals surface area contributed by atoms with Crippen molar-refractivity contribution in [2.75, 3.05) is 0 Å². The molecule has 4 nitrogen and oxygen atoms in total. The van der Waals surface area contributed by atoms with Gasteiger partial charge < -0.3 is 5.11 Å². The number of thioether (sulfide) groups is 1. The summed E-state index contributed by atoms with van der Waals surface area (Å²) in [6.45, 7) is 0.158. The summed E-state index contributed by atoms with van der Waals surface area (Å²) in [5.74, 6) is -0.620. The number of hydrogen-bond donors (Lipinski definition) is 1. The minimum atomic E-state index is -0.429. The molecule has 0 atom stereocenters. The topological polar surface area (TPSA) is 57.6 Å². The summed E-state index contributed by atoms with van der Waals surface area (Å²) in [4.78, 5) is 26.1. The number of phenols is 1. The molecule has 1 aliphatic rings. The second kappa shape index (κ2) is 7.41. The Hall–Kier alpha value is -1.47. The quantitative estimate of drug-likeness (QED) is 0.599. The average molecular weight is 459 g/mol. The van der Waals surface area contributed by atoms with Crippen LogP contribution in [0.5, 0.6) is 5.75 Å². The number of rotatable bonds is 3. The molecule has 0 aromatic heterocycles. The lowest BCUT2D eigenvalue weighted by atomic mass is 10.1. The zero-order valence-corrected chi connectivity index (χ0v) is 16.4. The van der Waals surface area contributed by atoms with Crippen LogP contribution in [-0.2, 0) is 11.3 Å². The van der Waals surface area contributed by atoms with Crippen LogP contribution in [0.15, 0.2) is 45.8 Å². The normalized spacial score (nSPS) is 16.1. The maximum atomic E-state index is 12.6. The van der Waals surface area contributed by atoms with Gasteiger partial charge in [0.2, 0.25) is 0 Å². The van der Waals surface area contributed by atoms with Crippen molar-refractivity contribution in [2.45, 2.75) is 6.54 Å². The first-order valence-electron chi connectivity index (χ1n) is 7.03. The highest BCUT2D eigenvalue weighted by molar-refractivity contribution is 9.10. The monoisotopic (exact) mass is 457 g/mol. The summed E-state index contributed by atoms with van der Waals surface area (Å²) in [5, 5.41) is 10.0. The highest BCUT2D eigenvalue weighted by Crippen LogP contribution is 2.38. The predicted octanol–water partition coefficient (Wildman–Crippen LogP) is 5.70. The number of imide groups is 1. The van der Waals surface area contributed by atoms with E-state index in [4.69, 9.17) is 23.2 Å². The van der Waals surface area contributed by atoms with Crippen molar-refractivity contribution in [2.24, 2.45) is 0 Å². The Kier molecular flexibility index (Phi) is 5.43. The van der Waals surface area contributed by atoms with E-state index in [1.54, 1.807) is 0 Å². The molecule has 1 saturated heterocycles. The van der Waals surface area contributed by atoms with Gasteiger partial charge in [-0.25, -0.2) is 0 Å². The summed E-state index contributed by atoms with van der Waals surface area (Å²) in [6.07, 6.45) is 1.41. The predicted molar refractivity (Wildman–Crippen MR) is 104 cm³/mol. The molecule has 25 heavy (non-hydrogen) atoms. The number of carbonyl (C=O) groups excluding carboxylic acids is 2. The first-order chi connectivity index (χ1) is 11.9. The second-order valence-electron chi connectivity index (χ2n) is 5.18. The van der Waals surface area contributed by atoms with Gasteiger partial charge in [0.15, 0.2) is 0 Å². The lowest BCUT2D eigenvalue weighted by molar-refractivity contribution is -0.123. The third kappa shape index (κ3) is 3.87. The average Bonchev–Trinajstić information content (AvgIpc) is 2.81. The van der Waals surface area contributed by atoms with Gasteiger partial charge in [-0.1, -0.05) is 57.3 Å². The third-order valence-electron chi connectivity index (χ3n) is 3.50. The fourth-order valence-corrected chi connectivity index (χ4v) is 4.02. The number of amides is 2. The number of benzene rings is 2. The third-order valence-corrected chi connectivity index (χ3v) is 5.69. The molecule has 0 spiro atoms. The van der Waals surface area contributed by atoms with Crippen LogP contribution in [-0.4, -0.2) is 21.2 Å². The molecule has 0 bridgehead atoms. The zero-order valence-electron chi connectivity index (χ0n) is 12.5. The molecular formula is C17H10BrCl2NO3S. The van der Waals surface area contributed by atoms with E-state index in [9.17, 15) is 14.7 Å². The van der Waals surface area contributed by atoms with Crippen LogP contribution in [0.25, 0.3) is 6.08 Å². The van der Waals surface area contributed by atoms with Gasteiger partial charge >= 0.3 is 0 Å². The number of carbonyl (C=O) groups is 2. The molecule has 2 amide bonds. The Balaban J connectivity index is 1.90. The lowest BCUT2D eigenvalue weighted by Crippen LogP contribution is -2.27. The summed E-state index contributed by atoms with van der Waals surface area (Å²) in [6, 6.07) is 10.2. The Morgan fingerprint density at radius 1 is 1.20 bits per heavy atom. The Bertz CT molecular complexity index is 917. The summed E-state index contributed by atoms with van der Waals surface area (Å²) < 4.78 is 0.817. The Morgan fingerprint density at radius 2 is 1.92 bits per heavy atom. The summed E-state index contributed by atoms with van der Waals surface area (Å²) in [7, 11) is 0. The van der Waals surface area contributed by atoms with Gasteiger partial charge in [-0.3, -0.25) is 14.5 Å². The van der Waals surface area contributed by atoms with Crippen LogP contribution in [0.1, 0.15) is 11.1 Å². The first-order valence-corrected chi connectivity index (χ1v) is 9.40. The van der Waals surface area contributed by atoms with Crippen LogP contribution in [0, 0.1) is 0 Å². The molecule has 2 aromatic rings. The molecule has 0 saturated carbocycles. The number of hydrogen-bond acceptors (Lipinski definition) is 4. The molecule has 0 aliphatic carbocycles. The molecule has 1 heterocycles. The van der Waals surface area contributed by atoms with Crippen LogP contribution in [0.3, 0.4) is 0 Å². The standard InChI is InChI=1S/C17H10BrCl2NO3S/c18-12-4-2-1-3-9(12)8-21-16(23)14(25-17(21)24)6-10-5-11(19)7-13(20)15(10)22/h1-7,22H,8H2/b14-6-. The highest BCUT2D eigenvalue weighted by Gasteiger charge is 2.35. The number of phenolic OH excluding ortho intramolecular Hbond substituents is 1. The molecule has 1 fully saturated rings. The molecule has 0 unspecified atom stereocenters. The van der Waals surface area contributed by atoms with Crippen molar-refractivity contribution in [1.82, 2.24) is 4.90 Å². The van der Waals surface area contributed by atoms with E-state index in [2.05, 4.69) is 15.9 Å². The molecule has 128 valence electrons. The highest BCUT2D eigenvalue weighted by atomic mass is 79.9. The Morgan fingerprint density at radius 3 is 2.64 bits per heavy atom. The van der Waals surface area contributed by atoms with Crippen molar-refractivity contribution in [1.29, 1.82) is 0 Å². The van der Waals surface area contributed by atoms with Crippen LogP contribution < -0.4 is 0 Å². The van der Waals surface area contributed by atoms with E-state index < -0.39 is 5.91 Å². The SMILES string of the molecule is O=C1S/C(=C\c2cc(Cl)cc(Cl)c2O)C(=O)N1Cc1ccccc1Br. The fraction of sp³-hybridized carbons (Fsp3) is 0.0588. The fourth-order valence-electron chi connectivity index (χ4n) is 2.27. The van der Waals surface area contributed by atoms with Crippen molar-refractivity contribution in [3.63, 3.8) is 0 Å². The smallest absolute Gasteiger partial charge is 0.293 e. The minimum absolute atomic E-state index is 0.0752. The van der Waals surface area contributed by atoms with Crippen LogP contribution in [0.4, 0.5) is 4.79 Å². The molecule has 1 aliphatic heterocycles. The number of nitrogens with zero attached hydrogens (tertiary/aromatic N) is 1. The van der Waals surface area contributed by atoms with Gasteiger partial charge in [0, 0.05) is 15.1 Å². The maximum Gasteiger partial charge on any atom is 0.293 e. The molecule has 3 rings (SSSR count). The minimum Gasteiger partial charge on any atom is -0.506 e. The summed E-state index contributed by atoms with van der Waals surface area (Å²) >= 11 is 16.0. The van der Waals surface area contributed by atoms with E-state index in [1.165, 1.54) is 18.2 Å². The molecule has 2 aromatic carbocycles. The van der Waals surface area contributed by atoms with Crippen molar-refractivity contribution in [3.8, 4) is 5.75 Å². The van der Waals surface area contributed by atoms with Crippen molar-refractivity contribution in [3.05, 3.63) is 66.9 Å². The van der Waals surface area contributed by atoms with Crippen LogP contribution >= 0.6 is 50.9 Å². The van der Waals surface area contributed by atoms with Gasteiger partial charge in [0.25, 0.3) is 11.1 Å². The first kappa shape index (κ1) is 18.3. The molecule has 0 radical (unpaired) electrons. The van der Waals surface area contributed by atoms with Crippen molar-refractivity contribution < 1.29 is 14.7 Å². The van der Waals surface area contributed by atoms with Gasteiger partial charge in [-0.2, -0.15) is 0 Å². The lowest BCUT2D eigenvalue weighted by Gasteiger charge is -2.13.